The molecule has 1 amide bonds. The third-order valence-corrected chi connectivity index (χ3v) is 1.63. The normalized spacial score (nSPS) is 10.5. The van der Waals surface area contributed by atoms with Crippen molar-refractivity contribution in [2.75, 3.05) is 0 Å². The van der Waals surface area contributed by atoms with Gasteiger partial charge >= 0.3 is 0 Å². The number of nitriles is 1. The molecule has 0 spiro atoms. The number of amides is 1. The Morgan fingerprint density at radius 2 is 2.20 bits per heavy atom. The monoisotopic (exact) mass is 203 g/mol. The summed E-state index contributed by atoms with van der Waals surface area (Å²) in [6.45, 7) is 5.70. The Bertz CT molecular complexity index is 413. The molecule has 1 N–H and O–H groups in total. The maximum atomic E-state index is 11.7. The first-order chi connectivity index (χ1) is 6.92. The summed E-state index contributed by atoms with van der Waals surface area (Å²) in [5.74, 6) is -0.193. The Balaban J connectivity index is 2.88. The second-order valence-electron chi connectivity index (χ2n) is 4.25. The van der Waals surface area contributed by atoms with Gasteiger partial charge in [-0.25, -0.2) is 4.98 Å². The maximum Gasteiger partial charge on any atom is 0.251 e. The van der Waals surface area contributed by atoms with Gasteiger partial charge in [-0.15, -0.1) is 0 Å². The van der Waals surface area contributed by atoms with Crippen molar-refractivity contribution in [1.82, 2.24) is 10.3 Å². The summed E-state index contributed by atoms with van der Waals surface area (Å²) in [4.78, 5) is 15.5. The van der Waals surface area contributed by atoms with Crippen LogP contribution in [-0.2, 0) is 0 Å². The smallest absolute Gasteiger partial charge is 0.251 e. The zero-order chi connectivity index (χ0) is 11.5. The van der Waals surface area contributed by atoms with E-state index in [-0.39, 0.29) is 17.1 Å². The maximum absolute atomic E-state index is 11.7. The van der Waals surface area contributed by atoms with Crippen LogP contribution in [0.1, 0.15) is 36.8 Å². The quantitative estimate of drug-likeness (QED) is 0.751. The minimum absolute atomic E-state index is 0.193. The molecule has 0 unspecified atom stereocenters. The van der Waals surface area contributed by atoms with E-state index >= 15 is 0 Å². The van der Waals surface area contributed by atoms with Gasteiger partial charge in [0.2, 0.25) is 0 Å². The Hall–Kier alpha value is -1.89. The van der Waals surface area contributed by atoms with E-state index in [0.29, 0.717) is 5.56 Å². The van der Waals surface area contributed by atoms with Gasteiger partial charge in [-0.05, 0) is 32.9 Å². The number of hydrogen-bond donors (Lipinski definition) is 1. The topological polar surface area (TPSA) is 65.8 Å². The number of carbonyl (C=O) groups excluding carboxylic acids is 1. The molecule has 78 valence electrons. The summed E-state index contributed by atoms with van der Waals surface area (Å²) in [5.41, 5.74) is 0.417. The number of nitrogens with one attached hydrogen (secondary N) is 1. The van der Waals surface area contributed by atoms with Crippen molar-refractivity contribution in [3.05, 3.63) is 29.6 Å². The minimum Gasteiger partial charge on any atom is -0.347 e. The second-order valence-corrected chi connectivity index (χ2v) is 4.25. The largest absolute Gasteiger partial charge is 0.347 e. The number of nitrogens with zero attached hydrogens (tertiary/aromatic N) is 2. The molecular weight excluding hydrogens is 190 g/mol. The van der Waals surface area contributed by atoms with E-state index in [9.17, 15) is 4.79 Å². The van der Waals surface area contributed by atoms with Crippen LogP contribution in [0.25, 0.3) is 0 Å². The molecule has 0 saturated heterocycles. The van der Waals surface area contributed by atoms with E-state index in [0.717, 1.165) is 0 Å². The number of pyridine rings is 1. The van der Waals surface area contributed by atoms with Crippen LogP contribution in [0.2, 0.25) is 0 Å². The lowest BCUT2D eigenvalue weighted by Crippen LogP contribution is -2.40. The highest BCUT2D eigenvalue weighted by atomic mass is 16.1. The third-order valence-electron chi connectivity index (χ3n) is 1.63. The van der Waals surface area contributed by atoms with Crippen LogP contribution >= 0.6 is 0 Å². The lowest BCUT2D eigenvalue weighted by atomic mass is 10.1. The number of aromatic nitrogens is 1. The van der Waals surface area contributed by atoms with E-state index in [1.807, 2.05) is 26.8 Å². The molecule has 1 heterocycles. The van der Waals surface area contributed by atoms with Crippen molar-refractivity contribution in [3.8, 4) is 6.07 Å². The Morgan fingerprint density at radius 1 is 1.53 bits per heavy atom. The van der Waals surface area contributed by atoms with Crippen molar-refractivity contribution < 1.29 is 4.79 Å². The first kappa shape index (κ1) is 11.2. The highest BCUT2D eigenvalue weighted by Crippen LogP contribution is 2.05. The molecule has 0 aliphatic carbocycles. The molecule has 0 atom stereocenters. The molecule has 0 aliphatic heterocycles. The minimum atomic E-state index is -0.285. The van der Waals surface area contributed by atoms with Crippen molar-refractivity contribution in [2.24, 2.45) is 0 Å². The van der Waals surface area contributed by atoms with Gasteiger partial charge in [-0.3, -0.25) is 4.79 Å². The van der Waals surface area contributed by atoms with Gasteiger partial charge in [0.05, 0.1) is 0 Å². The fourth-order valence-corrected chi connectivity index (χ4v) is 1.05. The highest BCUT2D eigenvalue weighted by Gasteiger charge is 2.15. The second kappa shape index (κ2) is 4.09. The molecule has 4 nitrogen and oxygen atoms in total. The van der Waals surface area contributed by atoms with Crippen LogP contribution in [0.3, 0.4) is 0 Å². The molecule has 1 aromatic heterocycles. The first-order valence-electron chi connectivity index (χ1n) is 4.61. The standard InChI is InChI=1S/C11H13N3O/c1-11(2,3)14-10(15)8-4-5-13-9(6-8)7-12/h4-6H,1-3H3,(H,14,15). The molecule has 0 aliphatic rings. The van der Waals surface area contributed by atoms with E-state index in [1.165, 1.54) is 12.3 Å². The van der Waals surface area contributed by atoms with E-state index < -0.39 is 0 Å². The molecule has 1 aromatic rings. The first-order valence-corrected chi connectivity index (χ1v) is 4.61. The van der Waals surface area contributed by atoms with Crippen molar-refractivity contribution in [2.45, 2.75) is 26.3 Å². The fraction of sp³-hybridized carbons (Fsp3) is 0.364. The predicted molar refractivity (Wildman–Crippen MR) is 56.2 cm³/mol. The summed E-state index contributed by atoms with van der Waals surface area (Å²) >= 11 is 0. The number of rotatable bonds is 1. The van der Waals surface area contributed by atoms with Gasteiger partial charge in [0.1, 0.15) is 11.8 Å². The highest BCUT2D eigenvalue weighted by molar-refractivity contribution is 5.94. The SMILES string of the molecule is CC(C)(C)NC(=O)c1ccnc(C#N)c1. The summed E-state index contributed by atoms with van der Waals surface area (Å²) in [6.07, 6.45) is 1.45. The molecular formula is C11H13N3O. The zero-order valence-corrected chi connectivity index (χ0v) is 9.03. The van der Waals surface area contributed by atoms with E-state index in [4.69, 9.17) is 5.26 Å². The van der Waals surface area contributed by atoms with E-state index in [2.05, 4.69) is 10.3 Å². The van der Waals surface area contributed by atoms with Crippen LogP contribution in [0.5, 0.6) is 0 Å². The number of carbonyl (C=O) groups is 1. The average molecular weight is 203 g/mol. The summed E-state index contributed by atoms with van der Waals surface area (Å²) in [7, 11) is 0. The molecule has 1 rings (SSSR count). The van der Waals surface area contributed by atoms with Gasteiger partial charge < -0.3 is 5.32 Å². The molecule has 0 aromatic carbocycles. The van der Waals surface area contributed by atoms with Crippen molar-refractivity contribution >= 4 is 5.91 Å². The molecule has 0 radical (unpaired) electrons. The van der Waals surface area contributed by atoms with E-state index in [1.54, 1.807) is 6.07 Å². The van der Waals surface area contributed by atoms with Crippen LogP contribution in [0.15, 0.2) is 18.3 Å². The van der Waals surface area contributed by atoms with Crippen molar-refractivity contribution in [1.29, 1.82) is 5.26 Å². The average Bonchev–Trinajstić information content (AvgIpc) is 2.15. The summed E-state index contributed by atoms with van der Waals surface area (Å²) in [5, 5.41) is 11.4. The Kier molecular flexibility index (Phi) is 3.05. The van der Waals surface area contributed by atoms with Crippen molar-refractivity contribution in [3.63, 3.8) is 0 Å². The molecule has 4 heteroatoms. The lowest BCUT2D eigenvalue weighted by molar-refractivity contribution is 0.0919. The fourth-order valence-electron chi connectivity index (χ4n) is 1.05. The third kappa shape index (κ3) is 3.39. The zero-order valence-electron chi connectivity index (χ0n) is 9.03. The predicted octanol–water partition coefficient (Wildman–Crippen LogP) is 1.48. The van der Waals surface area contributed by atoms with Crippen LogP contribution in [0.4, 0.5) is 0 Å². The van der Waals surface area contributed by atoms with Crippen LogP contribution < -0.4 is 5.32 Å². The molecule has 0 saturated carbocycles. The number of hydrogen-bond acceptors (Lipinski definition) is 3. The van der Waals surface area contributed by atoms with Gasteiger partial charge in [-0.1, -0.05) is 0 Å². The van der Waals surface area contributed by atoms with Gasteiger partial charge in [-0.2, -0.15) is 5.26 Å². The van der Waals surface area contributed by atoms with Gasteiger partial charge in [0, 0.05) is 17.3 Å². The Labute approximate surface area is 88.9 Å². The van der Waals surface area contributed by atoms with Crippen LogP contribution in [-0.4, -0.2) is 16.4 Å². The summed E-state index contributed by atoms with van der Waals surface area (Å²) in [6, 6.07) is 4.95. The Morgan fingerprint density at radius 3 is 2.73 bits per heavy atom. The van der Waals surface area contributed by atoms with Crippen LogP contribution in [0, 0.1) is 11.3 Å². The molecule has 0 fully saturated rings. The molecule has 15 heavy (non-hydrogen) atoms. The molecule has 0 bridgehead atoms. The van der Waals surface area contributed by atoms with Gasteiger partial charge in [0.25, 0.3) is 5.91 Å². The lowest BCUT2D eigenvalue weighted by Gasteiger charge is -2.20. The van der Waals surface area contributed by atoms with Gasteiger partial charge in [0.15, 0.2) is 0 Å². The summed E-state index contributed by atoms with van der Waals surface area (Å²) < 4.78 is 0.